The second kappa shape index (κ2) is 4.61. The monoisotopic (exact) mass is 218 g/mol. The quantitative estimate of drug-likeness (QED) is 0.513. The molecule has 0 saturated carbocycles. The van der Waals surface area contributed by atoms with E-state index in [1.165, 1.54) is 0 Å². The van der Waals surface area contributed by atoms with E-state index in [1.54, 1.807) is 48.6 Å². The summed E-state index contributed by atoms with van der Waals surface area (Å²) in [4.78, 5) is 22.5. The maximum Gasteiger partial charge on any atom is 0.418 e. The smallest absolute Gasteiger partial charge is 0.418 e. The van der Waals surface area contributed by atoms with Gasteiger partial charge in [-0.15, -0.1) is 0 Å². The van der Waals surface area contributed by atoms with Crippen molar-refractivity contribution in [2.75, 3.05) is 0 Å². The first-order chi connectivity index (χ1) is 7.75. The third-order valence-corrected chi connectivity index (χ3v) is 2.08. The van der Waals surface area contributed by atoms with Crippen molar-refractivity contribution in [2.45, 2.75) is 12.2 Å². The lowest BCUT2D eigenvalue weighted by molar-refractivity contribution is -0.169. The molecule has 0 unspecified atom stereocenters. The Morgan fingerprint density at radius 3 is 1.31 bits per heavy atom. The number of carbonyl (C=O) groups is 2. The molecular weight excluding hydrogens is 208 g/mol. The lowest BCUT2D eigenvalue weighted by Crippen LogP contribution is -2.26. The van der Waals surface area contributed by atoms with Gasteiger partial charge in [0.1, 0.15) is 12.2 Å². The van der Waals surface area contributed by atoms with Crippen molar-refractivity contribution in [1.82, 2.24) is 0 Å². The summed E-state index contributed by atoms with van der Waals surface area (Å²) in [6.45, 7) is 0. The zero-order valence-electron chi connectivity index (χ0n) is 8.41. The van der Waals surface area contributed by atoms with Crippen molar-refractivity contribution < 1.29 is 19.1 Å². The minimum atomic E-state index is -0.977. The van der Waals surface area contributed by atoms with Crippen LogP contribution in [0.4, 0.5) is 0 Å². The van der Waals surface area contributed by atoms with Crippen molar-refractivity contribution >= 4 is 11.9 Å². The van der Waals surface area contributed by atoms with Crippen molar-refractivity contribution in [3.8, 4) is 0 Å². The van der Waals surface area contributed by atoms with Crippen LogP contribution in [0.3, 0.4) is 0 Å². The molecule has 0 radical (unpaired) electrons. The first kappa shape index (κ1) is 10.4. The van der Waals surface area contributed by atoms with Crippen LogP contribution in [0.2, 0.25) is 0 Å². The van der Waals surface area contributed by atoms with Gasteiger partial charge in [-0.1, -0.05) is 24.3 Å². The molecule has 0 saturated heterocycles. The highest BCUT2D eigenvalue weighted by Crippen LogP contribution is 2.08. The van der Waals surface area contributed by atoms with Gasteiger partial charge in [-0.05, 0) is 24.3 Å². The Morgan fingerprint density at radius 2 is 1.00 bits per heavy atom. The summed E-state index contributed by atoms with van der Waals surface area (Å²) in [6, 6.07) is 0. The van der Waals surface area contributed by atoms with Gasteiger partial charge in [-0.25, -0.2) is 9.59 Å². The van der Waals surface area contributed by atoms with Gasteiger partial charge in [0, 0.05) is 0 Å². The van der Waals surface area contributed by atoms with Crippen molar-refractivity contribution in [3.63, 3.8) is 0 Å². The fourth-order valence-electron chi connectivity index (χ4n) is 1.32. The molecule has 0 aromatic carbocycles. The van der Waals surface area contributed by atoms with Crippen molar-refractivity contribution in [1.29, 1.82) is 0 Å². The Bertz CT molecular complexity index is 351. The van der Waals surface area contributed by atoms with E-state index in [1.807, 2.05) is 0 Å². The van der Waals surface area contributed by atoms with Gasteiger partial charge in [-0.3, -0.25) is 0 Å². The number of esters is 2. The summed E-state index contributed by atoms with van der Waals surface area (Å²) in [6.07, 6.45) is 12.7. The molecule has 82 valence electrons. The summed E-state index contributed by atoms with van der Waals surface area (Å²) in [5.74, 6) is -1.95. The van der Waals surface area contributed by atoms with E-state index in [4.69, 9.17) is 9.47 Å². The van der Waals surface area contributed by atoms with Crippen LogP contribution < -0.4 is 0 Å². The molecule has 4 heteroatoms. The Hall–Kier alpha value is -2.10. The van der Waals surface area contributed by atoms with E-state index < -0.39 is 24.1 Å². The summed E-state index contributed by atoms with van der Waals surface area (Å²) >= 11 is 0. The van der Waals surface area contributed by atoms with E-state index in [0.717, 1.165) is 0 Å². The molecule has 4 nitrogen and oxygen atoms in total. The zero-order chi connectivity index (χ0) is 11.4. The topological polar surface area (TPSA) is 52.6 Å². The number of carbonyl (C=O) groups excluding carboxylic acids is 2. The van der Waals surface area contributed by atoms with Gasteiger partial charge in [0.25, 0.3) is 0 Å². The molecule has 0 aromatic rings. The Labute approximate surface area is 92.5 Å². The number of ether oxygens (including phenoxy) is 2. The van der Waals surface area contributed by atoms with Crippen LogP contribution >= 0.6 is 0 Å². The highest BCUT2D eigenvalue weighted by molar-refractivity contribution is 6.29. The van der Waals surface area contributed by atoms with Crippen LogP contribution in [0, 0.1) is 0 Å². The standard InChI is InChI=1S/C12H10O4/c13-11(15-9-5-1-2-6-9)12(14)16-10-7-3-4-8-10/h1-10H. The van der Waals surface area contributed by atoms with Gasteiger partial charge in [0.05, 0.1) is 0 Å². The highest BCUT2D eigenvalue weighted by atomic mass is 16.6. The van der Waals surface area contributed by atoms with E-state index in [9.17, 15) is 9.59 Å². The fraction of sp³-hybridized carbons (Fsp3) is 0.167. The lowest BCUT2D eigenvalue weighted by atomic mass is 10.4. The molecule has 0 aromatic heterocycles. The average molecular weight is 218 g/mol. The summed E-state index contributed by atoms with van der Waals surface area (Å²) in [5, 5.41) is 0. The molecule has 0 spiro atoms. The Morgan fingerprint density at radius 1 is 0.688 bits per heavy atom. The van der Waals surface area contributed by atoms with E-state index in [0.29, 0.717) is 0 Å². The Kier molecular flexibility index (Phi) is 3.00. The van der Waals surface area contributed by atoms with Crippen LogP contribution in [0.25, 0.3) is 0 Å². The van der Waals surface area contributed by atoms with Crippen LogP contribution in [-0.4, -0.2) is 24.1 Å². The van der Waals surface area contributed by atoms with Crippen LogP contribution in [-0.2, 0) is 19.1 Å². The van der Waals surface area contributed by atoms with Gasteiger partial charge in [0.2, 0.25) is 0 Å². The highest BCUT2D eigenvalue weighted by Gasteiger charge is 2.23. The summed E-state index contributed by atoms with van der Waals surface area (Å²) in [5.41, 5.74) is 0. The molecule has 2 aliphatic rings. The molecule has 0 N–H and O–H groups in total. The molecule has 0 amide bonds. The van der Waals surface area contributed by atoms with E-state index >= 15 is 0 Å². The normalized spacial score (nSPS) is 18.2. The molecule has 0 atom stereocenters. The largest absolute Gasteiger partial charge is 0.445 e. The SMILES string of the molecule is O=C(OC1C=CC=C1)C(=O)OC1C=CC=C1. The third kappa shape index (κ3) is 2.48. The maximum atomic E-state index is 11.3. The first-order valence-corrected chi connectivity index (χ1v) is 4.87. The molecule has 16 heavy (non-hydrogen) atoms. The Balaban J connectivity index is 1.82. The van der Waals surface area contributed by atoms with Gasteiger partial charge >= 0.3 is 11.9 Å². The second-order valence-electron chi connectivity index (χ2n) is 3.28. The predicted molar refractivity (Wildman–Crippen MR) is 56.3 cm³/mol. The lowest BCUT2D eigenvalue weighted by Gasteiger charge is -2.10. The molecule has 0 heterocycles. The molecule has 2 aliphatic carbocycles. The minimum absolute atomic E-state index is 0.463. The first-order valence-electron chi connectivity index (χ1n) is 4.87. The van der Waals surface area contributed by atoms with Crippen LogP contribution in [0.1, 0.15) is 0 Å². The molecule has 0 fully saturated rings. The molecular formula is C12H10O4. The van der Waals surface area contributed by atoms with Crippen molar-refractivity contribution in [2.24, 2.45) is 0 Å². The maximum absolute atomic E-state index is 11.3. The minimum Gasteiger partial charge on any atom is -0.445 e. The van der Waals surface area contributed by atoms with E-state index in [2.05, 4.69) is 0 Å². The number of rotatable bonds is 2. The molecule has 2 rings (SSSR count). The van der Waals surface area contributed by atoms with Gasteiger partial charge in [0.15, 0.2) is 0 Å². The van der Waals surface area contributed by atoms with E-state index in [-0.39, 0.29) is 0 Å². The molecule has 0 bridgehead atoms. The van der Waals surface area contributed by atoms with Crippen LogP contribution in [0.5, 0.6) is 0 Å². The summed E-state index contributed by atoms with van der Waals surface area (Å²) in [7, 11) is 0. The van der Waals surface area contributed by atoms with Crippen molar-refractivity contribution in [3.05, 3.63) is 48.6 Å². The summed E-state index contributed by atoms with van der Waals surface area (Å²) < 4.78 is 9.70. The van der Waals surface area contributed by atoms with Gasteiger partial charge < -0.3 is 9.47 Å². The van der Waals surface area contributed by atoms with Gasteiger partial charge in [-0.2, -0.15) is 0 Å². The van der Waals surface area contributed by atoms with Crippen LogP contribution in [0.15, 0.2) is 48.6 Å². The predicted octanol–water partition coefficient (Wildman–Crippen LogP) is 1.06. The number of allylic oxidation sites excluding steroid dienone is 4. The third-order valence-electron chi connectivity index (χ3n) is 2.08. The number of hydrogen-bond donors (Lipinski definition) is 0. The molecule has 0 aliphatic heterocycles. The number of hydrogen-bond acceptors (Lipinski definition) is 4. The zero-order valence-corrected chi connectivity index (χ0v) is 8.41. The fourth-order valence-corrected chi connectivity index (χ4v) is 1.32. The second-order valence-corrected chi connectivity index (χ2v) is 3.28. The average Bonchev–Trinajstić information content (AvgIpc) is 2.90.